The van der Waals surface area contributed by atoms with Crippen LogP contribution in [0.5, 0.6) is 0 Å². The number of likely N-dealkylation sites (N-methyl/N-ethyl adjacent to an activating group) is 2. The van der Waals surface area contributed by atoms with Crippen LogP contribution in [0.1, 0.15) is 20.8 Å². The molecular weight excluding hydrogens is 190 g/mol. The van der Waals surface area contributed by atoms with Gasteiger partial charge in [0.2, 0.25) is 5.91 Å². The lowest BCUT2D eigenvalue weighted by atomic mass is 10.3. The van der Waals surface area contributed by atoms with E-state index >= 15 is 0 Å². The van der Waals surface area contributed by atoms with Gasteiger partial charge in [-0.25, -0.2) is 0 Å². The third kappa shape index (κ3) is 8.39. The first-order valence-corrected chi connectivity index (χ1v) is 5.75. The van der Waals surface area contributed by atoms with E-state index in [-0.39, 0.29) is 5.91 Å². The molecule has 15 heavy (non-hydrogen) atoms. The second kappa shape index (κ2) is 8.68. The minimum Gasteiger partial charge on any atom is -0.357 e. The first-order chi connectivity index (χ1) is 7.10. The van der Waals surface area contributed by atoms with Gasteiger partial charge in [-0.3, -0.25) is 4.79 Å². The Balaban J connectivity index is 0.000000288. The predicted octanol–water partition coefficient (Wildman–Crippen LogP) is 0.396. The Labute approximate surface area is 93.6 Å². The molecule has 0 aliphatic carbocycles. The van der Waals surface area contributed by atoms with Crippen LogP contribution in [-0.2, 0) is 4.79 Å². The third-order valence-corrected chi connectivity index (χ3v) is 2.47. The maximum atomic E-state index is 9.93. The van der Waals surface area contributed by atoms with Crippen molar-refractivity contribution in [3.05, 3.63) is 0 Å². The van der Waals surface area contributed by atoms with E-state index < -0.39 is 0 Å². The Morgan fingerprint density at radius 3 is 2.00 bits per heavy atom. The number of carbonyl (C=O) groups is 1. The second-order valence-electron chi connectivity index (χ2n) is 3.82. The minimum absolute atomic E-state index is 0.0394. The van der Waals surface area contributed by atoms with Crippen LogP contribution < -0.4 is 5.32 Å². The van der Waals surface area contributed by atoms with E-state index in [0.29, 0.717) is 0 Å². The van der Waals surface area contributed by atoms with Gasteiger partial charge in [-0.1, -0.05) is 6.92 Å². The molecule has 90 valence electrons. The number of piperazine rings is 1. The summed E-state index contributed by atoms with van der Waals surface area (Å²) in [4.78, 5) is 14.8. The average molecular weight is 215 g/mol. The van der Waals surface area contributed by atoms with E-state index in [1.165, 1.54) is 39.6 Å². The summed E-state index contributed by atoms with van der Waals surface area (Å²) in [5.74, 6) is 0.0394. The largest absolute Gasteiger partial charge is 0.357 e. The highest BCUT2D eigenvalue weighted by Gasteiger charge is 2.10. The summed E-state index contributed by atoms with van der Waals surface area (Å²) in [6, 6.07) is 0. The van der Waals surface area contributed by atoms with Crippen molar-refractivity contribution in [3.8, 4) is 0 Å². The molecule has 1 rings (SSSR count). The van der Waals surface area contributed by atoms with Crippen LogP contribution in [0.4, 0.5) is 0 Å². The molecule has 0 aromatic carbocycles. The summed E-state index contributed by atoms with van der Waals surface area (Å²) in [5.41, 5.74) is 0. The molecule has 0 aromatic heterocycles. The zero-order valence-corrected chi connectivity index (χ0v) is 10.5. The summed E-state index contributed by atoms with van der Waals surface area (Å²) in [6.07, 6.45) is 0. The molecule has 0 saturated carbocycles. The number of rotatable bonds is 2. The SMILES string of the molecule is CCN1CCN(C)CC1.CCNC(C)=O. The van der Waals surface area contributed by atoms with Gasteiger partial charge in [-0.15, -0.1) is 0 Å². The van der Waals surface area contributed by atoms with Crippen LogP contribution in [0.15, 0.2) is 0 Å². The summed E-state index contributed by atoms with van der Waals surface area (Å²) in [5, 5.41) is 2.57. The molecule has 1 aliphatic heterocycles. The lowest BCUT2D eigenvalue weighted by molar-refractivity contribution is -0.118. The van der Waals surface area contributed by atoms with Crippen LogP contribution in [0, 0.1) is 0 Å². The van der Waals surface area contributed by atoms with Crippen molar-refractivity contribution in [1.82, 2.24) is 15.1 Å². The van der Waals surface area contributed by atoms with Gasteiger partial charge in [-0.05, 0) is 20.5 Å². The highest BCUT2D eigenvalue weighted by atomic mass is 16.1. The smallest absolute Gasteiger partial charge is 0.216 e. The van der Waals surface area contributed by atoms with Crippen molar-refractivity contribution < 1.29 is 4.79 Å². The molecule has 1 amide bonds. The molecule has 1 aliphatic rings. The molecule has 0 bridgehead atoms. The monoisotopic (exact) mass is 215 g/mol. The van der Waals surface area contributed by atoms with Gasteiger partial charge >= 0.3 is 0 Å². The number of amides is 1. The van der Waals surface area contributed by atoms with E-state index in [2.05, 4.69) is 29.1 Å². The van der Waals surface area contributed by atoms with E-state index in [1.54, 1.807) is 0 Å². The molecule has 1 saturated heterocycles. The summed E-state index contributed by atoms with van der Waals surface area (Å²) in [7, 11) is 2.19. The fraction of sp³-hybridized carbons (Fsp3) is 0.909. The van der Waals surface area contributed by atoms with E-state index in [4.69, 9.17) is 0 Å². The highest BCUT2D eigenvalue weighted by molar-refractivity contribution is 5.72. The molecule has 0 unspecified atom stereocenters. The number of carbonyl (C=O) groups excluding carboxylic acids is 1. The number of hydrogen-bond acceptors (Lipinski definition) is 3. The Hall–Kier alpha value is -0.610. The Bertz CT molecular complexity index is 165. The van der Waals surface area contributed by atoms with Gasteiger partial charge in [0.15, 0.2) is 0 Å². The van der Waals surface area contributed by atoms with Crippen molar-refractivity contribution in [2.75, 3.05) is 46.3 Å². The van der Waals surface area contributed by atoms with Crippen LogP contribution >= 0.6 is 0 Å². The van der Waals surface area contributed by atoms with E-state index in [1.807, 2.05) is 6.92 Å². The van der Waals surface area contributed by atoms with Crippen molar-refractivity contribution in [2.45, 2.75) is 20.8 Å². The van der Waals surface area contributed by atoms with Gasteiger partial charge < -0.3 is 15.1 Å². The number of hydrogen-bond donors (Lipinski definition) is 1. The molecule has 0 atom stereocenters. The zero-order chi connectivity index (χ0) is 11.7. The van der Waals surface area contributed by atoms with Crippen LogP contribution in [-0.4, -0.2) is 62.0 Å². The quantitative estimate of drug-likeness (QED) is 0.724. The molecule has 0 radical (unpaired) electrons. The maximum absolute atomic E-state index is 9.93. The zero-order valence-electron chi connectivity index (χ0n) is 10.5. The lowest BCUT2D eigenvalue weighted by Gasteiger charge is -2.31. The van der Waals surface area contributed by atoms with Crippen LogP contribution in [0.2, 0.25) is 0 Å². The Kier molecular flexibility index (Phi) is 8.33. The summed E-state index contributed by atoms with van der Waals surface area (Å²) in [6.45, 7) is 12.6. The van der Waals surface area contributed by atoms with Crippen molar-refractivity contribution >= 4 is 5.91 Å². The Morgan fingerprint density at radius 2 is 1.73 bits per heavy atom. The Morgan fingerprint density at radius 1 is 1.20 bits per heavy atom. The number of nitrogens with zero attached hydrogens (tertiary/aromatic N) is 2. The molecule has 0 aromatic rings. The van der Waals surface area contributed by atoms with Crippen molar-refractivity contribution in [2.24, 2.45) is 0 Å². The van der Waals surface area contributed by atoms with Gasteiger partial charge in [0, 0.05) is 39.6 Å². The van der Waals surface area contributed by atoms with Crippen LogP contribution in [0.3, 0.4) is 0 Å². The van der Waals surface area contributed by atoms with E-state index in [9.17, 15) is 4.79 Å². The van der Waals surface area contributed by atoms with Gasteiger partial charge in [0.05, 0.1) is 0 Å². The normalized spacial score (nSPS) is 17.9. The fourth-order valence-corrected chi connectivity index (χ4v) is 1.41. The topological polar surface area (TPSA) is 35.6 Å². The lowest BCUT2D eigenvalue weighted by Crippen LogP contribution is -2.44. The third-order valence-electron chi connectivity index (χ3n) is 2.47. The average Bonchev–Trinajstić information content (AvgIpc) is 2.20. The molecular formula is C11H25N3O. The van der Waals surface area contributed by atoms with E-state index in [0.717, 1.165) is 6.54 Å². The molecule has 0 spiro atoms. The predicted molar refractivity (Wildman–Crippen MR) is 64.0 cm³/mol. The second-order valence-corrected chi connectivity index (χ2v) is 3.82. The molecule has 1 fully saturated rings. The molecule has 1 N–H and O–H groups in total. The number of nitrogens with one attached hydrogen (secondary N) is 1. The highest BCUT2D eigenvalue weighted by Crippen LogP contribution is 1.96. The van der Waals surface area contributed by atoms with Crippen molar-refractivity contribution in [3.63, 3.8) is 0 Å². The minimum atomic E-state index is 0.0394. The molecule has 1 heterocycles. The van der Waals surface area contributed by atoms with Gasteiger partial charge in [-0.2, -0.15) is 0 Å². The fourth-order valence-electron chi connectivity index (χ4n) is 1.41. The standard InChI is InChI=1S/C7H16N2.C4H9NO/c1-3-9-6-4-8(2)5-7-9;1-3-5-4(2)6/h3-7H2,1-2H3;3H2,1-2H3,(H,5,6). The first kappa shape index (κ1) is 14.4. The van der Waals surface area contributed by atoms with Gasteiger partial charge in [0.1, 0.15) is 0 Å². The van der Waals surface area contributed by atoms with Gasteiger partial charge in [0.25, 0.3) is 0 Å². The first-order valence-electron chi connectivity index (χ1n) is 5.75. The summed E-state index contributed by atoms with van der Waals surface area (Å²) < 4.78 is 0. The molecule has 4 nitrogen and oxygen atoms in total. The summed E-state index contributed by atoms with van der Waals surface area (Å²) >= 11 is 0. The maximum Gasteiger partial charge on any atom is 0.216 e. The van der Waals surface area contributed by atoms with Crippen molar-refractivity contribution in [1.29, 1.82) is 0 Å². The molecule has 4 heteroatoms. The van der Waals surface area contributed by atoms with Crippen LogP contribution in [0.25, 0.3) is 0 Å².